The summed E-state index contributed by atoms with van der Waals surface area (Å²) in [4.78, 5) is 29.0. The minimum absolute atomic E-state index is 0.0246. The molecule has 0 fully saturated rings. The summed E-state index contributed by atoms with van der Waals surface area (Å²) in [5, 5.41) is 7.98. The van der Waals surface area contributed by atoms with Crippen molar-refractivity contribution in [2.45, 2.75) is 46.0 Å². The number of hydrogen-bond acceptors (Lipinski definition) is 7. The topological polar surface area (TPSA) is 115 Å². The number of fused-ring (bicyclic) bond motifs is 1. The second-order valence-corrected chi connectivity index (χ2v) is 9.90. The third-order valence-electron chi connectivity index (χ3n) is 5.99. The molecular formula is C26H26FN7O2. The van der Waals surface area contributed by atoms with Crippen molar-refractivity contribution in [3.63, 3.8) is 0 Å². The minimum atomic E-state index is -0.385. The lowest BCUT2D eigenvalue weighted by atomic mass is 9.95. The molecule has 4 aromatic heterocycles. The Morgan fingerprint density at radius 1 is 1.19 bits per heavy atom. The number of nitrogens with zero attached hydrogens (tertiary/aromatic N) is 6. The zero-order chi connectivity index (χ0) is 25.6. The van der Waals surface area contributed by atoms with Crippen molar-refractivity contribution >= 4 is 16.9 Å². The summed E-state index contributed by atoms with van der Waals surface area (Å²) in [5.74, 6) is 0.390. The third-order valence-corrected chi connectivity index (χ3v) is 5.99. The van der Waals surface area contributed by atoms with Gasteiger partial charge in [-0.15, -0.1) is 0 Å². The highest BCUT2D eigenvalue weighted by Crippen LogP contribution is 2.32. The monoisotopic (exact) mass is 487 g/mol. The second-order valence-electron chi connectivity index (χ2n) is 9.90. The second kappa shape index (κ2) is 8.78. The summed E-state index contributed by atoms with van der Waals surface area (Å²) in [7, 11) is 1.84. The van der Waals surface area contributed by atoms with E-state index < -0.39 is 0 Å². The molecule has 10 heteroatoms. The number of ketones is 1. The molecule has 0 atom stereocenters. The van der Waals surface area contributed by atoms with E-state index >= 15 is 4.39 Å². The maximum Gasteiger partial charge on any atom is 0.238 e. The maximum absolute atomic E-state index is 15.2. The first-order valence-corrected chi connectivity index (χ1v) is 11.6. The molecule has 9 nitrogen and oxygen atoms in total. The van der Waals surface area contributed by atoms with Gasteiger partial charge in [-0.3, -0.25) is 9.48 Å². The largest absolute Gasteiger partial charge is 0.338 e. The lowest BCUT2D eigenvalue weighted by Gasteiger charge is -2.11. The Bertz CT molecular complexity index is 1590. The number of hydrogen-bond donors (Lipinski definition) is 1. The highest BCUT2D eigenvalue weighted by Gasteiger charge is 2.24. The quantitative estimate of drug-likeness (QED) is 0.336. The average Bonchev–Trinajstić information content (AvgIpc) is 3.57. The fourth-order valence-corrected chi connectivity index (χ4v) is 4.04. The highest BCUT2D eigenvalue weighted by atomic mass is 19.1. The summed E-state index contributed by atoms with van der Waals surface area (Å²) in [5.41, 5.74) is 4.59. The number of pyridine rings is 1. The predicted octanol–water partition coefficient (Wildman–Crippen LogP) is 4.97. The van der Waals surface area contributed by atoms with Crippen LogP contribution in [-0.4, -0.2) is 40.7 Å². The summed E-state index contributed by atoms with van der Waals surface area (Å²) in [6.45, 7) is 7.69. The SMILES string of the molecule is Cc1cc(CCC(=O)c2noc(C(C)(C)C)n2)c(F)cc1-c1ccnc2nc(-c3cnn(C)c3)[nH]c12. The molecule has 0 aliphatic carbocycles. The first kappa shape index (κ1) is 23.5. The lowest BCUT2D eigenvalue weighted by Crippen LogP contribution is -2.12. The Hall–Kier alpha value is -4.21. The van der Waals surface area contributed by atoms with Crippen LogP contribution in [0.2, 0.25) is 0 Å². The first-order chi connectivity index (χ1) is 17.1. The van der Waals surface area contributed by atoms with Crippen molar-refractivity contribution in [1.82, 2.24) is 34.9 Å². The van der Waals surface area contributed by atoms with Crippen molar-refractivity contribution < 1.29 is 13.7 Å². The van der Waals surface area contributed by atoms with Crippen LogP contribution in [0.1, 0.15) is 54.8 Å². The molecule has 0 aliphatic rings. The number of aromatic amines is 1. The van der Waals surface area contributed by atoms with Crippen molar-refractivity contribution in [3.05, 3.63) is 65.4 Å². The number of carbonyl (C=O) groups excluding carboxylic acids is 1. The zero-order valence-electron chi connectivity index (χ0n) is 20.8. The molecule has 0 spiro atoms. The smallest absolute Gasteiger partial charge is 0.238 e. The molecule has 0 saturated carbocycles. The Morgan fingerprint density at radius 3 is 2.69 bits per heavy atom. The van der Waals surface area contributed by atoms with Gasteiger partial charge in [0.15, 0.2) is 5.65 Å². The number of aryl methyl sites for hydroxylation is 3. The molecule has 1 N–H and O–H groups in total. The van der Waals surface area contributed by atoms with E-state index in [1.165, 1.54) is 6.07 Å². The molecule has 0 amide bonds. The number of benzene rings is 1. The fourth-order valence-electron chi connectivity index (χ4n) is 4.04. The van der Waals surface area contributed by atoms with Gasteiger partial charge in [0, 0.05) is 36.8 Å². The summed E-state index contributed by atoms with van der Waals surface area (Å²) in [6.07, 6.45) is 5.54. The first-order valence-electron chi connectivity index (χ1n) is 11.6. The Morgan fingerprint density at radius 2 is 2.00 bits per heavy atom. The van der Waals surface area contributed by atoms with E-state index in [1.807, 2.05) is 47.0 Å². The van der Waals surface area contributed by atoms with Crippen LogP contribution in [-0.2, 0) is 18.9 Å². The number of carbonyl (C=O) groups is 1. The molecule has 4 heterocycles. The molecule has 0 aliphatic heterocycles. The normalized spacial score (nSPS) is 11.9. The maximum atomic E-state index is 15.2. The lowest BCUT2D eigenvalue weighted by molar-refractivity contribution is 0.0969. The molecule has 5 aromatic rings. The van der Waals surface area contributed by atoms with E-state index in [0.29, 0.717) is 28.4 Å². The van der Waals surface area contributed by atoms with Crippen LogP contribution in [0, 0.1) is 12.7 Å². The number of aromatic nitrogens is 7. The number of imidazole rings is 1. The summed E-state index contributed by atoms with van der Waals surface area (Å²) >= 11 is 0. The van der Waals surface area contributed by atoms with E-state index in [4.69, 9.17) is 4.52 Å². The molecule has 36 heavy (non-hydrogen) atoms. The van der Waals surface area contributed by atoms with Crippen LogP contribution >= 0.6 is 0 Å². The van der Waals surface area contributed by atoms with E-state index in [9.17, 15) is 4.79 Å². The van der Waals surface area contributed by atoms with Crippen LogP contribution < -0.4 is 0 Å². The van der Waals surface area contributed by atoms with E-state index in [-0.39, 0.29) is 35.7 Å². The van der Waals surface area contributed by atoms with Crippen LogP contribution in [0.4, 0.5) is 4.39 Å². The Balaban J connectivity index is 1.40. The van der Waals surface area contributed by atoms with Crippen molar-refractivity contribution in [2.24, 2.45) is 7.05 Å². The molecule has 0 unspecified atom stereocenters. The van der Waals surface area contributed by atoms with Gasteiger partial charge in [0.05, 0.1) is 17.3 Å². The fraction of sp³-hybridized carbons (Fsp3) is 0.308. The molecule has 5 rings (SSSR count). The molecule has 0 saturated heterocycles. The van der Waals surface area contributed by atoms with E-state index in [0.717, 1.165) is 22.3 Å². The van der Waals surface area contributed by atoms with Gasteiger partial charge in [-0.2, -0.15) is 10.1 Å². The number of rotatable bonds is 6. The van der Waals surface area contributed by atoms with Crippen molar-refractivity contribution in [1.29, 1.82) is 0 Å². The number of Topliss-reactive ketones (excluding diaryl/α,β-unsaturated/α-hetero) is 1. The molecule has 0 radical (unpaired) electrons. The Labute approximate surface area is 206 Å². The van der Waals surface area contributed by atoms with E-state index in [2.05, 4.69) is 30.2 Å². The van der Waals surface area contributed by atoms with Gasteiger partial charge in [0.1, 0.15) is 11.6 Å². The summed E-state index contributed by atoms with van der Waals surface area (Å²) in [6, 6.07) is 5.11. The molecule has 0 bridgehead atoms. The van der Waals surface area contributed by atoms with Gasteiger partial charge in [-0.25, -0.2) is 14.4 Å². The molecular weight excluding hydrogens is 461 g/mol. The minimum Gasteiger partial charge on any atom is -0.338 e. The van der Waals surface area contributed by atoms with Gasteiger partial charge in [-0.1, -0.05) is 32.0 Å². The van der Waals surface area contributed by atoms with Crippen LogP contribution in [0.5, 0.6) is 0 Å². The zero-order valence-corrected chi connectivity index (χ0v) is 20.8. The van der Waals surface area contributed by atoms with Gasteiger partial charge in [0.25, 0.3) is 0 Å². The van der Waals surface area contributed by atoms with Crippen molar-refractivity contribution in [3.8, 4) is 22.5 Å². The number of halogens is 1. The number of nitrogens with one attached hydrogen (secondary N) is 1. The Kier molecular flexibility index (Phi) is 5.74. The van der Waals surface area contributed by atoms with E-state index in [1.54, 1.807) is 23.1 Å². The van der Waals surface area contributed by atoms with Gasteiger partial charge in [0.2, 0.25) is 17.5 Å². The van der Waals surface area contributed by atoms with Gasteiger partial charge in [-0.05, 0) is 42.2 Å². The van der Waals surface area contributed by atoms with Gasteiger partial charge < -0.3 is 9.51 Å². The molecule has 1 aromatic carbocycles. The highest BCUT2D eigenvalue weighted by molar-refractivity contribution is 5.93. The van der Waals surface area contributed by atoms with Crippen LogP contribution in [0.25, 0.3) is 33.7 Å². The average molecular weight is 488 g/mol. The van der Waals surface area contributed by atoms with Crippen molar-refractivity contribution in [2.75, 3.05) is 0 Å². The number of H-pyrrole nitrogens is 1. The molecule has 184 valence electrons. The van der Waals surface area contributed by atoms with Crippen LogP contribution in [0.15, 0.2) is 41.3 Å². The standard InChI is InChI=1S/C26H26FN7O2/c1-14-10-15(6-7-20(35)23-32-25(36-33-23)26(2,3)4)19(27)11-18(14)17-8-9-28-24-21(17)30-22(31-24)16-12-29-34(5)13-16/h8-13H,6-7H2,1-5H3,(H,28,30,31). The van der Waals surface area contributed by atoms with Crippen LogP contribution in [0.3, 0.4) is 0 Å². The third kappa shape index (κ3) is 4.41. The van der Waals surface area contributed by atoms with Gasteiger partial charge >= 0.3 is 0 Å². The summed E-state index contributed by atoms with van der Waals surface area (Å²) < 4.78 is 22.1. The predicted molar refractivity (Wildman–Crippen MR) is 132 cm³/mol.